The number of sulfonamides is 1. The van der Waals surface area contributed by atoms with Gasteiger partial charge in [0.25, 0.3) is 15.9 Å². The van der Waals surface area contributed by atoms with Crippen molar-refractivity contribution in [2.24, 2.45) is 0 Å². The summed E-state index contributed by atoms with van der Waals surface area (Å²) >= 11 is 0. The molecule has 0 atom stereocenters. The lowest BCUT2D eigenvalue weighted by atomic mass is 10.1. The van der Waals surface area contributed by atoms with Gasteiger partial charge in [-0.2, -0.15) is 0 Å². The largest absolute Gasteiger partial charge is 0.322 e. The lowest BCUT2D eigenvalue weighted by Crippen LogP contribution is -2.28. The number of hydrogen-bond acceptors (Lipinski definition) is 4. The molecule has 0 aliphatic rings. The minimum absolute atomic E-state index is 0.203. The Morgan fingerprint density at radius 3 is 1.70 bits per heavy atom. The molecule has 0 unspecified atom stereocenters. The summed E-state index contributed by atoms with van der Waals surface area (Å²) in [5.41, 5.74) is -1.90. The molecule has 2 aromatic carbocycles. The van der Waals surface area contributed by atoms with Crippen molar-refractivity contribution in [3.63, 3.8) is 0 Å². The SMILES string of the molecule is CC(=O)NS(=O)(=O)c1ccc(NC(=O)c2c(F)c(F)c(F)c(F)c2F)cc1. The van der Waals surface area contributed by atoms with E-state index < -0.39 is 56.5 Å². The number of benzene rings is 2. The standard InChI is InChI=1S/C15H9F5N2O4S/c1-6(23)22-27(25,26)8-4-2-7(3-5-8)21-15(24)9-10(16)12(18)14(20)13(19)11(9)17/h2-5H,1H3,(H,21,24)(H,22,23). The van der Waals surface area contributed by atoms with Crippen molar-refractivity contribution in [2.45, 2.75) is 11.8 Å². The molecule has 0 aliphatic heterocycles. The van der Waals surface area contributed by atoms with Gasteiger partial charge in [0.2, 0.25) is 11.7 Å². The molecule has 0 spiro atoms. The fraction of sp³-hybridized carbons (Fsp3) is 0.0667. The van der Waals surface area contributed by atoms with Crippen molar-refractivity contribution in [3.8, 4) is 0 Å². The highest BCUT2D eigenvalue weighted by Crippen LogP contribution is 2.24. The summed E-state index contributed by atoms with van der Waals surface area (Å²) in [6.45, 7) is 0.968. The minimum atomic E-state index is -4.16. The molecule has 27 heavy (non-hydrogen) atoms. The molecular weight excluding hydrogens is 399 g/mol. The average molecular weight is 408 g/mol. The van der Waals surface area contributed by atoms with Gasteiger partial charge in [-0.05, 0) is 24.3 Å². The van der Waals surface area contributed by atoms with Crippen molar-refractivity contribution in [2.75, 3.05) is 5.32 Å². The number of rotatable bonds is 4. The van der Waals surface area contributed by atoms with Crippen LogP contribution in [0.1, 0.15) is 17.3 Å². The first-order valence-corrected chi connectivity index (χ1v) is 8.40. The third-order valence-electron chi connectivity index (χ3n) is 3.14. The maximum absolute atomic E-state index is 13.6. The van der Waals surface area contributed by atoms with Crippen molar-refractivity contribution in [1.82, 2.24) is 4.72 Å². The summed E-state index contributed by atoms with van der Waals surface area (Å²) in [7, 11) is -4.16. The van der Waals surface area contributed by atoms with E-state index in [9.17, 15) is 40.0 Å². The van der Waals surface area contributed by atoms with Crippen molar-refractivity contribution in [3.05, 3.63) is 58.9 Å². The fourth-order valence-corrected chi connectivity index (χ4v) is 2.95. The van der Waals surface area contributed by atoms with E-state index in [0.717, 1.165) is 31.2 Å². The second-order valence-electron chi connectivity index (χ2n) is 5.09. The van der Waals surface area contributed by atoms with Crippen LogP contribution in [0.2, 0.25) is 0 Å². The van der Waals surface area contributed by atoms with Crippen molar-refractivity contribution >= 4 is 27.5 Å². The van der Waals surface area contributed by atoms with E-state index in [1.807, 2.05) is 5.32 Å². The number of anilines is 1. The third-order valence-corrected chi connectivity index (χ3v) is 4.59. The Bertz CT molecular complexity index is 1010. The molecule has 2 rings (SSSR count). The molecule has 6 nitrogen and oxygen atoms in total. The Labute approximate surface area is 149 Å². The normalized spacial score (nSPS) is 11.2. The molecule has 12 heteroatoms. The van der Waals surface area contributed by atoms with E-state index in [1.54, 1.807) is 4.72 Å². The zero-order valence-electron chi connectivity index (χ0n) is 13.2. The quantitative estimate of drug-likeness (QED) is 0.462. The van der Waals surface area contributed by atoms with E-state index in [1.165, 1.54) is 0 Å². The lowest BCUT2D eigenvalue weighted by molar-refractivity contribution is -0.117. The van der Waals surface area contributed by atoms with Gasteiger partial charge in [0.15, 0.2) is 23.3 Å². The van der Waals surface area contributed by atoms with Crippen LogP contribution in [0, 0.1) is 29.1 Å². The number of carbonyl (C=O) groups is 2. The first kappa shape index (κ1) is 20.3. The van der Waals surface area contributed by atoms with Crippen LogP contribution in [0.25, 0.3) is 0 Å². The molecular formula is C15H9F5N2O4S. The Kier molecular flexibility index (Phi) is 5.49. The van der Waals surface area contributed by atoms with E-state index in [0.29, 0.717) is 0 Å². The fourth-order valence-electron chi connectivity index (χ4n) is 1.96. The second kappa shape index (κ2) is 7.31. The maximum Gasteiger partial charge on any atom is 0.264 e. The number of amides is 2. The van der Waals surface area contributed by atoms with Crippen LogP contribution in [0.3, 0.4) is 0 Å². The Hall–Kier alpha value is -3.02. The Morgan fingerprint density at radius 1 is 0.815 bits per heavy atom. The number of halogens is 5. The number of carbonyl (C=O) groups excluding carboxylic acids is 2. The minimum Gasteiger partial charge on any atom is -0.322 e. The van der Waals surface area contributed by atoms with Crippen molar-refractivity contribution in [1.29, 1.82) is 0 Å². The van der Waals surface area contributed by atoms with Crippen LogP contribution in [-0.4, -0.2) is 20.2 Å². The molecule has 0 saturated carbocycles. The van der Waals surface area contributed by atoms with Gasteiger partial charge in [-0.1, -0.05) is 0 Å². The Morgan fingerprint density at radius 2 is 1.26 bits per heavy atom. The van der Waals surface area contributed by atoms with Gasteiger partial charge in [0.1, 0.15) is 5.56 Å². The lowest BCUT2D eigenvalue weighted by Gasteiger charge is -2.10. The second-order valence-corrected chi connectivity index (χ2v) is 6.77. The van der Waals surface area contributed by atoms with Gasteiger partial charge in [-0.25, -0.2) is 35.1 Å². The topological polar surface area (TPSA) is 92.3 Å². The summed E-state index contributed by atoms with van der Waals surface area (Å²) in [5.74, 6) is -14.1. The molecule has 2 aromatic rings. The number of hydrogen-bond donors (Lipinski definition) is 2. The first-order chi connectivity index (χ1) is 12.5. The molecule has 0 radical (unpaired) electrons. The van der Waals surface area contributed by atoms with Crippen LogP contribution in [-0.2, 0) is 14.8 Å². The molecule has 2 amide bonds. The summed E-state index contributed by atoms with van der Waals surface area (Å²) in [5, 5.41) is 1.88. The Balaban J connectivity index is 2.32. The van der Waals surface area contributed by atoms with E-state index in [4.69, 9.17) is 0 Å². The molecule has 0 aliphatic carbocycles. The van der Waals surface area contributed by atoms with Gasteiger partial charge in [-0.3, -0.25) is 9.59 Å². The van der Waals surface area contributed by atoms with E-state index >= 15 is 0 Å². The molecule has 144 valence electrons. The first-order valence-electron chi connectivity index (χ1n) is 6.92. The number of nitrogens with one attached hydrogen (secondary N) is 2. The summed E-state index contributed by atoms with van der Waals surface area (Å²) in [6, 6.07) is 3.86. The van der Waals surface area contributed by atoms with Crippen LogP contribution in [0.15, 0.2) is 29.2 Å². The summed E-state index contributed by atoms with van der Waals surface area (Å²) in [4.78, 5) is 22.3. The van der Waals surface area contributed by atoms with E-state index in [-0.39, 0.29) is 10.6 Å². The highest BCUT2D eigenvalue weighted by Gasteiger charge is 2.29. The van der Waals surface area contributed by atoms with Gasteiger partial charge in [-0.15, -0.1) is 0 Å². The van der Waals surface area contributed by atoms with E-state index in [2.05, 4.69) is 0 Å². The molecule has 0 bridgehead atoms. The van der Waals surface area contributed by atoms with Crippen LogP contribution in [0.5, 0.6) is 0 Å². The molecule has 0 fully saturated rings. The molecule has 0 aromatic heterocycles. The predicted molar refractivity (Wildman–Crippen MR) is 81.6 cm³/mol. The summed E-state index contributed by atoms with van der Waals surface area (Å²) < 4.78 is 91.7. The van der Waals surface area contributed by atoms with Gasteiger partial charge < -0.3 is 5.32 Å². The zero-order valence-corrected chi connectivity index (χ0v) is 14.1. The van der Waals surface area contributed by atoms with Crippen LogP contribution >= 0.6 is 0 Å². The highest BCUT2D eigenvalue weighted by atomic mass is 32.2. The molecule has 0 saturated heterocycles. The average Bonchev–Trinajstić information content (AvgIpc) is 2.58. The zero-order chi connectivity index (χ0) is 20.5. The predicted octanol–water partition coefficient (Wildman–Crippen LogP) is 2.46. The summed E-state index contributed by atoms with van der Waals surface area (Å²) in [6.07, 6.45) is 0. The maximum atomic E-state index is 13.6. The molecule has 2 N–H and O–H groups in total. The van der Waals surface area contributed by atoms with Crippen molar-refractivity contribution < 1.29 is 40.0 Å². The van der Waals surface area contributed by atoms with Gasteiger partial charge >= 0.3 is 0 Å². The molecule has 0 heterocycles. The van der Waals surface area contributed by atoms with Gasteiger partial charge in [0, 0.05) is 12.6 Å². The highest BCUT2D eigenvalue weighted by molar-refractivity contribution is 7.90. The smallest absolute Gasteiger partial charge is 0.264 e. The van der Waals surface area contributed by atoms with Crippen LogP contribution < -0.4 is 10.0 Å². The monoisotopic (exact) mass is 408 g/mol. The van der Waals surface area contributed by atoms with Crippen LogP contribution in [0.4, 0.5) is 27.6 Å². The van der Waals surface area contributed by atoms with Gasteiger partial charge in [0.05, 0.1) is 4.90 Å². The third kappa shape index (κ3) is 4.05.